The van der Waals surface area contributed by atoms with Crippen LogP contribution in [0.2, 0.25) is 0 Å². The first-order valence-electron chi connectivity index (χ1n) is 10.8. The van der Waals surface area contributed by atoms with Gasteiger partial charge in [-0.05, 0) is 70.3 Å². The largest absolute Gasteiger partial charge is 0.354 e. The molecule has 0 saturated heterocycles. The van der Waals surface area contributed by atoms with Crippen LogP contribution in [0.4, 0.5) is 0 Å². The van der Waals surface area contributed by atoms with Crippen molar-refractivity contribution in [1.82, 2.24) is 10.2 Å². The molecule has 3 N–H and O–H groups in total. The van der Waals surface area contributed by atoms with Gasteiger partial charge in [0.1, 0.15) is 0 Å². The fourth-order valence-corrected chi connectivity index (χ4v) is 3.53. The molecule has 1 amide bonds. The van der Waals surface area contributed by atoms with E-state index in [1.165, 1.54) is 11.1 Å². The van der Waals surface area contributed by atoms with Gasteiger partial charge in [0.15, 0.2) is 0 Å². The Morgan fingerprint density at radius 3 is 1.90 bits per heavy atom. The molecule has 4 nitrogen and oxygen atoms in total. The second kappa shape index (κ2) is 13.1. The summed E-state index contributed by atoms with van der Waals surface area (Å²) >= 11 is 0. The average Bonchev–Trinajstić information content (AvgIpc) is 2.73. The summed E-state index contributed by atoms with van der Waals surface area (Å²) in [5, 5.41) is 3.12. The zero-order chi connectivity index (χ0) is 20.9. The lowest BCUT2D eigenvalue weighted by atomic mass is 9.92. The van der Waals surface area contributed by atoms with Crippen molar-refractivity contribution < 1.29 is 4.79 Å². The number of nitrogens with zero attached hydrogens (tertiary/aromatic N) is 1. The van der Waals surface area contributed by atoms with Gasteiger partial charge in [0.25, 0.3) is 0 Å². The lowest BCUT2D eigenvalue weighted by Crippen LogP contribution is -2.40. The average molecular weight is 396 g/mol. The number of hydrogen-bond donors (Lipinski definition) is 2. The van der Waals surface area contributed by atoms with Crippen molar-refractivity contribution in [2.45, 2.75) is 44.6 Å². The molecule has 0 bridgehead atoms. The summed E-state index contributed by atoms with van der Waals surface area (Å²) in [4.78, 5) is 15.1. The molecule has 2 rings (SSSR count). The van der Waals surface area contributed by atoms with E-state index in [2.05, 4.69) is 72.8 Å². The minimum Gasteiger partial charge on any atom is -0.354 e. The van der Waals surface area contributed by atoms with E-state index < -0.39 is 0 Å². The van der Waals surface area contributed by atoms with Crippen LogP contribution in [0.3, 0.4) is 0 Å². The van der Waals surface area contributed by atoms with E-state index in [-0.39, 0.29) is 17.9 Å². The van der Waals surface area contributed by atoms with Crippen molar-refractivity contribution in [2.75, 3.05) is 27.2 Å². The second-order valence-corrected chi connectivity index (χ2v) is 8.20. The normalized spacial score (nSPS) is 12.3. The molecular formula is C25H37N3O. The van der Waals surface area contributed by atoms with Crippen LogP contribution in [0.15, 0.2) is 60.7 Å². The van der Waals surface area contributed by atoms with Gasteiger partial charge in [-0.15, -0.1) is 0 Å². The van der Waals surface area contributed by atoms with Crippen molar-refractivity contribution in [3.63, 3.8) is 0 Å². The molecule has 1 atom stereocenters. The number of benzene rings is 2. The first kappa shape index (κ1) is 23.1. The number of nitrogens with one attached hydrogen (secondary N) is 1. The Balaban J connectivity index is 1.85. The second-order valence-electron chi connectivity index (χ2n) is 8.20. The van der Waals surface area contributed by atoms with Crippen molar-refractivity contribution in [3.05, 3.63) is 71.8 Å². The van der Waals surface area contributed by atoms with Crippen LogP contribution in [0, 0.1) is 5.92 Å². The molecule has 0 spiro atoms. The lowest BCUT2D eigenvalue weighted by molar-refractivity contribution is -0.125. The van der Waals surface area contributed by atoms with Gasteiger partial charge in [0.2, 0.25) is 5.91 Å². The molecule has 0 aromatic heterocycles. The van der Waals surface area contributed by atoms with E-state index in [0.717, 1.165) is 45.1 Å². The van der Waals surface area contributed by atoms with Crippen LogP contribution in [0.1, 0.15) is 36.8 Å². The highest BCUT2D eigenvalue weighted by atomic mass is 16.1. The summed E-state index contributed by atoms with van der Waals surface area (Å²) in [5.74, 6) is 0.143. The first-order chi connectivity index (χ1) is 14.0. The number of aryl methyl sites for hydroxylation is 2. The van der Waals surface area contributed by atoms with E-state index in [9.17, 15) is 4.79 Å². The fourth-order valence-electron chi connectivity index (χ4n) is 3.53. The molecule has 2 aromatic carbocycles. The summed E-state index contributed by atoms with van der Waals surface area (Å²) < 4.78 is 0. The van der Waals surface area contributed by atoms with Gasteiger partial charge >= 0.3 is 0 Å². The number of amides is 1. The van der Waals surface area contributed by atoms with Crippen molar-refractivity contribution >= 4 is 5.91 Å². The van der Waals surface area contributed by atoms with Crippen molar-refractivity contribution in [1.29, 1.82) is 0 Å². The summed E-state index contributed by atoms with van der Waals surface area (Å²) in [7, 11) is 4.13. The fraction of sp³-hybridized carbons (Fsp3) is 0.480. The van der Waals surface area contributed by atoms with Crippen molar-refractivity contribution in [3.8, 4) is 0 Å². The topological polar surface area (TPSA) is 58.4 Å². The molecule has 0 saturated carbocycles. The highest BCUT2D eigenvalue weighted by Gasteiger charge is 2.19. The minimum atomic E-state index is 0.00406. The Kier molecular flexibility index (Phi) is 10.5. The van der Waals surface area contributed by atoms with E-state index in [0.29, 0.717) is 6.54 Å². The highest BCUT2D eigenvalue weighted by Crippen LogP contribution is 2.17. The van der Waals surface area contributed by atoms with Crippen LogP contribution in [-0.2, 0) is 17.6 Å². The summed E-state index contributed by atoms with van der Waals surface area (Å²) in [6, 6.07) is 20.8. The molecule has 4 heteroatoms. The molecule has 0 fully saturated rings. The molecule has 29 heavy (non-hydrogen) atoms. The predicted molar refractivity (Wildman–Crippen MR) is 122 cm³/mol. The Hall–Kier alpha value is -2.17. The standard InChI is InChI=1S/C25H37N3O/c1-28(2)19-9-14-24(26)20-27-25(29)23(17-15-21-10-5-3-6-11-21)18-16-22-12-7-4-8-13-22/h3-8,10-13,23-24H,9,14-20,26H2,1-2H3,(H,27,29)/t24-/m0/s1. The van der Waals surface area contributed by atoms with Crippen LogP contribution < -0.4 is 11.1 Å². The minimum absolute atomic E-state index is 0.00406. The van der Waals surface area contributed by atoms with Gasteiger partial charge in [-0.3, -0.25) is 4.79 Å². The number of rotatable bonds is 13. The van der Waals surface area contributed by atoms with Gasteiger partial charge in [-0.25, -0.2) is 0 Å². The molecule has 158 valence electrons. The molecule has 0 heterocycles. The Bertz CT molecular complexity index is 644. The molecule has 0 aliphatic carbocycles. The van der Waals surface area contributed by atoms with E-state index >= 15 is 0 Å². The van der Waals surface area contributed by atoms with Crippen LogP contribution in [-0.4, -0.2) is 44.0 Å². The van der Waals surface area contributed by atoms with Gasteiger partial charge in [-0.2, -0.15) is 0 Å². The maximum atomic E-state index is 12.9. The molecule has 0 aliphatic heterocycles. The number of hydrogen-bond acceptors (Lipinski definition) is 3. The van der Waals surface area contributed by atoms with Gasteiger partial charge in [0, 0.05) is 18.5 Å². The molecule has 0 unspecified atom stereocenters. The van der Waals surface area contributed by atoms with Crippen molar-refractivity contribution in [2.24, 2.45) is 11.7 Å². The third kappa shape index (κ3) is 9.73. The van der Waals surface area contributed by atoms with Gasteiger partial charge in [0.05, 0.1) is 0 Å². The summed E-state index contributed by atoms with van der Waals surface area (Å²) in [6.07, 6.45) is 5.54. The zero-order valence-electron chi connectivity index (χ0n) is 18.0. The number of carbonyl (C=O) groups is 1. The predicted octanol–water partition coefficient (Wildman–Crippen LogP) is 3.65. The van der Waals surface area contributed by atoms with E-state index in [1.807, 2.05) is 12.1 Å². The third-order valence-electron chi connectivity index (χ3n) is 5.34. The Morgan fingerprint density at radius 2 is 1.41 bits per heavy atom. The number of nitrogens with two attached hydrogens (primary N) is 1. The summed E-state index contributed by atoms with van der Waals surface area (Å²) in [5.41, 5.74) is 8.77. The molecule has 2 aromatic rings. The Labute approximate surface area is 176 Å². The lowest BCUT2D eigenvalue weighted by Gasteiger charge is -2.19. The maximum Gasteiger partial charge on any atom is 0.223 e. The van der Waals surface area contributed by atoms with Gasteiger partial charge < -0.3 is 16.0 Å². The van der Waals surface area contributed by atoms with Gasteiger partial charge in [-0.1, -0.05) is 60.7 Å². The first-order valence-corrected chi connectivity index (χ1v) is 10.8. The highest BCUT2D eigenvalue weighted by molar-refractivity contribution is 5.78. The van der Waals surface area contributed by atoms with Crippen LogP contribution in [0.5, 0.6) is 0 Å². The van der Waals surface area contributed by atoms with Crippen LogP contribution in [0.25, 0.3) is 0 Å². The molecular weight excluding hydrogens is 358 g/mol. The summed E-state index contributed by atoms with van der Waals surface area (Å²) in [6.45, 7) is 1.58. The van der Waals surface area contributed by atoms with E-state index in [1.54, 1.807) is 0 Å². The SMILES string of the molecule is CN(C)CCC[C@H](N)CNC(=O)C(CCc1ccccc1)CCc1ccccc1. The quantitative estimate of drug-likeness (QED) is 0.544. The zero-order valence-corrected chi connectivity index (χ0v) is 18.0. The monoisotopic (exact) mass is 395 g/mol. The number of carbonyl (C=O) groups excluding carboxylic acids is 1. The molecule has 0 aliphatic rings. The maximum absolute atomic E-state index is 12.9. The van der Waals surface area contributed by atoms with Crippen LogP contribution >= 0.6 is 0 Å². The smallest absolute Gasteiger partial charge is 0.223 e. The molecule has 0 radical (unpaired) electrons. The third-order valence-corrected chi connectivity index (χ3v) is 5.34. The Morgan fingerprint density at radius 1 is 0.897 bits per heavy atom. The van der Waals surface area contributed by atoms with E-state index in [4.69, 9.17) is 5.73 Å².